The van der Waals surface area contributed by atoms with Crippen molar-refractivity contribution in [3.8, 4) is 0 Å². The molecule has 1 saturated carbocycles. The molecule has 1 aliphatic rings. The number of nitrogens with zero attached hydrogens (tertiary/aromatic N) is 2. The van der Waals surface area contributed by atoms with Crippen LogP contribution in [0.5, 0.6) is 0 Å². The van der Waals surface area contributed by atoms with Crippen LogP contribution in [0.25, 0.3) is 0 Å². The molecule has 0 saturated heterocycles. The van der Waals surface area contributed by atoms with E-state index in [1.54, 1.807) is 10.8 Å². The molecule has 1 N–H and O–H groups in total. The lowest BCUT2D eigenvalue weighted by Gasteiger charge is -2.27. The van der Waals surface area contributed by atoms with Gasteiger partial charge in [0.2, 0.25) is 0 Å². The Kier molecular flexibility index (Phi) is 5.79. The van der Waals surface area contributed by atoms with Gasteiger partial charge in [-0.3, -0.25) is 9.36 Å². The zero-order valence-corrected chi connectivity index (χ0v) is 13.2. The Bertz CT molecular complexity index is 561. The molecule has 0 amide bonds. The van der Waals surface area contributed by atoms with Gasteiger partial charge in [-0.2, -0.15) is 0 Å². The van der Waals surface area contributed by atoms with E-state index in [1.165, 1.54) is 36.3 Å². The number of hydrogen-bond donors (Lipinski definition) is 1. The summed E-state index contributed by atoms with van der Waals surface area (Å²) in [5, 5.41) is 3.50. The second kappa shape index (κ2) is 7.59. The normalized spacial score (nSPS) is 22.4. The van der Waals surface area contributed by atoms with Crippen LogP contribution in [0.3, 0.4) is 0 Å². The van der Waals surface area contributed by atoms with Gasteiger partial charge in [0.1, 0.15) is 0 Å². The summed E-state index contributed by atoms with van der Waals surface area (Å²) in [5.41, 5.74) is -0.394. The fourth-order valence-corrected chi connectivity index (χ4v) is 3.17. The number of rotatable bonds is 6. The zero-order chi connectivity index (χ0) is 15.2. The summed E-state index contributed by atoms with van der Waals surface area (Å²) in [4.78, 5) is 24.1. The molecule has 0 spiro atoms. The maximum Gasteiger partial charge on any atom is 0.331 e. The second-order valence-corrected chi connectivity index (χ2v) is 6.20. The number of aromatic nitrogens is 2. The minimum Gasteiger partial charge on any atom is -0.312 e. The van der Waals surface area contributed by atoms with Gasteiger partial charge >= 0.3 is 5.69 Å². The number of aryl methyl sites for hydroxylation is 1. The third-order valence-electron chi connectivity index (χ3n) is 4.31. The minimum atomic E-state index is -0.203. The average molecular weight is 293 g/mol. The number of hydrogen-bond acceptors (Lipinski definition) is 3. The monoisotopic (exact) mass is 293 g/mol. The van der Waals surface area contributed by atoms with Crippen LogP contribution in [-0.4, -0.2) is 21.7 Å². The predicted octanol–water partition coefficient (Wildman–Crippen LogP) is 1.59. The summed E-state index contributed by atoms with van der Waals surface area (Å²) in [6.45, 7) is 6.11. The summed E-state index contributed by atoms with van der Waals surface area (Å²) in [6.07, 6.45) is 7.47. The van der Waals surface area contributed by atoms with Crippen molar-refractivity contribution < 1.29 is 0 Å². The van der Waals surface area contributed by atoms with Crippen molar-refractivity contribution >= 4 is 0 Å². The van der Waals surface area contributed by atoms with E-state index in [1.807, 2.05) is 6.92 Å². The van der Waals surface area contributed by atoms with Crippen molar-refractivity contribution in [2.75, 3.05) is 6.54 Å². The van der Waals surface area contributed by atoms with Gasteiger partial charge in [0.05, 0.1) is 0 Å². The van der Waals surface area contributed by atoms with Crippen molar-refractivity contribution in [1.82, 2.24) is 14.5 Å². The summed E-state index contributed by atoms with van der Waals surface area (Å²) >= 11 is 0. The predicted molar refractivity (Wildman–Crippen MR) is 84.7 cm³/mol. The molecule has 118 valence electrons. The molecule has 0 aliphatic heterocycles. The highest BCUT2D eigenvalue weighted by Gasteiger charge is 2.18. The summed E-state index contributed by atoms with van der Waals surface area (Å²) < 4.78 is 2.96. The topological polar surface area (TPSA) is 56.0 Å². The van der Waals surface area contributed by atoms with Crippen LogP contribution in [0.15, 0.2) is 21.9 Å². The Hall–Kier alpha value is -1.36. The fraction of sp³-hybridized carbons (Fsp3) is 0.750. The molecule has 1 fully saturated rings. The highest BCUT2D eigenvalue weighted by Crippen LogP contribution is 2.23. The van der Waals surface area contributed by atoms with Crippen LogP contribution in [0.4, 0.5) is 0 Å². The van der Waals surface area contributed by atoms with Gasteiger partial charge in [-0.05, 0) is 25.2 Å². The molecule has 5 heteroatoms. The highest BCUT2D eigenvalue weighted by atomic mass is 16.2. The Balaban J connectivity index is 1.95. The lowest BCUT2D eigenvalue weighted by Crippen LogP contribution is -2.43. The largest absolute Gasteiger partial charge is 0.331 e. The van der Waals surface area contributed by atoms with Crippen LogP contribution in [0.2, 0.25) is 0 Å². The zero-order valence-electron chi connectivity index (χ0n) is 13.2. The molecule has 21 heavy (non-hydrogen) atoms. The average Bonchev–Trinajstić information content (AvgIpc) is 2.46. The molecular weight excluding hydrogens is 266 g/mol. The summed E-state index contributed by atoms with van der Waals surface area (Å²) in [6, 6.07) is 2.02. The number of nitrogens with one attached hydrogen (secondary N) is 1. The molecule has 0 aromatic carbocycles. The first-order valence-electron chi connectivity index (χ1n) is 8.15. The van der Waals surface area contributed by atoms with E-state index in [9.17, 15) is 9.59 Å². The highest BCUT2D eigenvalue weighted by molar-refractivity contribution is 4.86. The molecular formula is C16H27N3O2. The van der Waals surface area contributed by atoms with Crippen molar-refractivity contribution in [2.24, 2.45) is 5.92 Å². The third kappa shape index (κ3) is 4.30. The molecule has 0 radical (unpaired) electrons. The molecule has 2 unspecified atom stereocenters. The SMILES string of the molecule is CCCn1ccc(=O)n(CCNC2CCCC(C)C2)c1=O. The van der Waals surface area contributed by atoms with E-state index in [-0.39, 0.29) is 11.2 Å². The third-order valence-corrected chi connectivity index (χ3v) is 4.31. The molecule has 1 aromatic rings. The molecule has 2 rings (SSSR count). The van der Waals surface area contributed by atoms with E-state index in [4.69, 9.17) is 0 Å². The van der Waals surface area contributed by atoms with E-state index in [0.29, 0.717) is 25.7 Å². The second-order valence-electron chi connectivity index (χ2n) is 6.20. The van der Waals surface area contributed by atoms with Gasteiger partial charge in [0.15, 0.2) is 0 Å². The van der Waals surface area contributed by atoms with Crippen LogP contribution in [-0.2, 0) is 13.1 Å². The fourth-order valence-electron chi connectivity index (χ4n) is 3.17. The first-order valence-corrected chi connectivity index (χ1v) is 8.15. The van der Waals surface area contributed by atoms with Crippen molar-refractivity contribution in [3.63, 3.8) is 0 Å². The van der Waals surface area contributed by atoms with E-state index < -0.39 is 0 Å². The quantitative estimate of drug-likeness (QED) is 0.866. The lowest BCUT2D eigenvalue weighted by atomic mass is 9.87. The smallest absolute Gasteiger partial charge is 0.312 e. The van der Waals surface area contributed by atoms with Crippen LogP contribution in [0, 0.1) is 5.92 Å². The first-order chi connectivity index (χ1) is 10.1. The standard InChI is InChI=1S/C16H27N3O2/c1-3-9-18-10-7-15(20)19(16(18)21)11-8-17-14-6-4-5-13(2)12-14/h7,10,13-14,17H,3-6,8-9,11-12H2,1-2H3. The van der Waals surface area contributed by atoms with Gasteiger partial charge in [0, 0.05) is 37.9 Å². The Morgan fingerprint density at radius 1 is 1.29 bits per heavy atom. The van der Waals surface area contributed by atoms with Crippen molar-refractivity contribution in [1.29, 1.82) is 0 Å². The molecule has 2 atom stereocenters. The summed E-state index contributed by atoms with van der Waals surface area (Å²) in [7, 11) is 0. The molecule has 1 heterocycles. The molecule has 1 aromatic heterocycles. The maximum atomic E-state index is 12.2. The van der Waals surface area contributed by atoms with Crippen molar-refractivity contribution in [2.45, 2.75) is 65.1 Å². The van der Waals surface area contributed by atoms with E-state index >= 15 is 0 Å². The molecule has 0 bridgehead atoms. The van der Waals surface area contributed by atoms with Crippen LogP contribution < -0.4 is 16.6 Å². The Morgan fingerprint density at radius 2 is 2.10 bits per heavy atom. The van der Waals surface area contributed by atoms with E-state index in [2.05, 4.69) is 12.2 Å². The van der Waals surface area contributed by atoms with Gasteiger partial charge in [0.25, 0.3) is 5.56 Å². The minimum absolute atomic E-state index is 0.192. The molecule has 1 aliphatic carbocycles. The van der Waals surface area contributed by atoms with Crippen molar-refractivity contribution in [3.05, 3.63) is 33.1 Å². The van der Waals surface area contributed by atoms with Gasteiger partial charge < -0.3 is 9.88 Å². The van der Waals surface area contributed by atoms with Gasteiger partial charge in [-0.1, -0.05) is 26.7 Å². The Labute approximate surface area is 126 Å². The van der Waals surface area contributed by atoms with Gasteiger partial charge in [-0.25, -0.2) is 4.79 Å². The molecule has 5 nitrogen and oxygen atoms in total. The lowest BCUT2D eigenvalue weighted by molar-refractivity contribution is 0.298. The van der Waals surface area contributed by atoms with Gasteiger partial charge in [-0.15, -0.1) is 0 Å². The van der Waals surface area contributed by atoms with E-state index in [0.717, 1.165) is 12.3 Å². The van der Waals surface area contributed by atoms with Crippen LogP contribution >= 0.6 is 0 Å². The summed E-state index contributed by atoms with van der Waals surface area (Å²) in [5.74, 6) is 0.775. The van der Waals surface area contributed by atoms with Crippen LogP contribution in [0.1, 0.15) is 46.0 Å². The Morgan fingerprint density at radius 3 is 2.81 bits per heavy atom. The maximum absolute atomic E-state index is 12.2. The first kappa shape index (κ1) is 16.0.